The number of hydrogen-bond acceptors (Lipinski definition) is 7. The van der Waals surface area contributed by atoms with Crippen LogP contribution >= 0.6 is 50.9 Å². The fourth-order valence-corrected chi connectivity index (χ4v) is 6.95. The number of benzene rings is 4. The van der Waals surface area contributed by atoms with E-state index >= 15 is 0 Å². The summed E-state index contributed by atoms with van der Waals surface area (Å²) in [5.74, 6) is 1.80. The molecule has 0 saturated carbocycles. The van der Waals surface area contributed by atoms with Crippen LogP contribution in [0.15, 0.2) is 112 Å². The molecule has 0 aliphatic carbocycles. The third-order valence-corrected chi connectivity index (χ3v) is 9.53. The second-order valence-electron chi connectivity index (χ2n) is 10.3. The van der Waals surface area contributed by atoms with Crippen LogP contribution < -0.4 is 20.1 Å². The Morgan fingerprint density at radius 3 is 2.37 bits per heavy atom. The predicted octanol–water partition coefficient (Wildman–Crippen LogP) is 9.15. The largest absolute Gasteiger partial charge is 0.493 e. The summed E-state index contributed by atoms with van der Waals surface area (Å²) in [7, 11) is 1.57. The van der Waals surface area contributed by atoms with E-state index in [1.807, 2.05) is 97.9 Å². The highest BCUT2D eigenvalue weighted by Crippen LogP contribution is 2.44. The van der Waals surface area contributed by atoms with Gasteiger partial charge in [-0.2, -0.15) is 4.98 Å². The van der Waals surface area contributed by atoms with E-state index in [4.69, 9.17) is 42.8 Å². The number of para-hydroxylation sites is 1. The van der Waals surface area contributed by atoms with Crippen molar-refractivity contribution >= 4 is 68.4 Å². The van der Waals surface area contributed by atoms with Gasteiger partial charge in [0, 0.05) is 32.7 Å². The summed E-state index contributed by atoms with van der Waals surface area (Å²) in [6.45, 7) is 2.10. The zero-order valence-electron chi connectivity index (χ0n) is 24.8. The van der Waals surface area contributed by atoms with Crippen molar-refractivity contribution in [1.82, 2.24) is 14.8 Å². The van der Waals surface area contributed by atoms with E-state index in [1.165, 1.54) is 11.8 Å². The van der Waals surface area contributed by atoms with Crippen molar-refractivity contribution in [2.24, 2.45) is 0 Å². The summed E-state index contributed by atoms with van der Waals surface area (Å²) in [5.41, 5.74) is 4.35. The number of carbonyl (C=O) groups is 1. The second kappa shape index (κ2) is 14.2. The number of rotatable bonds is 10. The van der Waals surface area contributed by atoms with E-state index in [0.717, 1.165) is 16.7 Å². The van der Waals surface area contributed by atoms with Gasteiger partial charge in [-0.1, -0.05) is 89.6 Å². The van der Waals surface area contributed by atoms with E-state index in [0.29, 0.717) is 59.8 Å². The molecule has 1 atom stereocenters. The molecule has 2 N–H and O–H groups in total. The van der Waals surface area contributed by atoms with Gasteiger partial charge in [0.05, 0.1) is 17.2 Å². The van der Waals surface area contributed by atoms with Gasteiger partial charge in [-0.3, -0.25) is 4.79 Å². The summed E-state index contributed by atoms with van der Waals surface area (Å²) in [6.07, 6.45) is 0. The molecular weight excluding hydrogens is 709 g/mol. The molecule has 1 aliphatic rings. The zero-order valence-corrected chi connectivity index (χ0v) is 28.7. The van der Waals surface area contributed by atoms with Crippen molar-refractivity contribution in [2.45, 2.75) is 30.5 Å². The van der Waals surface area contributed by atoms with Crippen LogP contribution in [0.5, 0.6) is 11.5 Å². The van der Waals surface area contributed by atoms with E-state index < -0.39 is 6.04 Å². The maximum Gasteiger partial charge on any atom is 0.255 e. The lowest BCUT2D eigenvalue weighted by Crippen LogP contribution is -2.31. The Morgan fingerprint density at radius 1 is 1.00 bits per heavy atom. The van der Waals surface area contributed by atoms with Crippen molar-refractivity contribution in [3.63, 3.8) is 0 Å². The molecule has 0 spiro atoms. The minimum absolute atomic E-state index is 0.240. The molecule has 6 rings (SSSR count). The Labute approximate surface area is 289 Å². The molecule has 0 saturated heterocycles. The molecule has 5 aromatic rings. The van der Waals surface area contributed by atoms with Gasteiger partial charge >= 0.3 is 0 Å². The molecule has 1 unspecified atom stereocenters. The van der Waals surface area contributed by atoms with Crippen LogP contribution in [0.25, 0.3) is 0 Å². The van der Waals surface area contributed by atoms with Gasteiger partial charge in [0.25, 0.3) is 5.91 Å². The number of allylic oxidation sites excluding steroid dienone is 1. The number of amides is 1. The first-order valence-electron chi connectivity index (χ1n) is 14.2. The molecule has 0 bridgehead atoms. The van der Waals surface area contributed by atoms with E-state index in [1.54, 1.807) is 11.8 Å². The van der Waals surface area contributed by atoms with Gasteiger partial charge < -0.3 is 20.1 Å². The number of methoxy groups -OCH3 is 1. The average Bonchev–Trinajstić information content (AvgIpc) is 3.46. The lowest BCUT2D eigenvalue weighted by molar-refractivity contribution is -0.113. The number of nitrogens with one attached hydrogen (secondary N) is 2. The zero-order chi connectivity index (χ0) is 32.2. The molecular formula is C34H28BrCl2N5O3S. The summed E-state index contributed by atoms with van der Waals surface area (Å²) in [6, 6.07) is 27.6. The summed E-state index contributed by atoms with van der Waals surface area (Å²) in [5, 5.41) is 13.0. The van der Waals surface area contributed by atoms with Crippen LogP contribution in [0.4, 0.5) is 11.6 Å². The molecule has 0 fully saturated rings. The number of nitrogens with zero attached hydrogens (tertiary/aromatic N) is 3. The first kappa shape index (κ1) is 32.0. The van der Waals surface area contributed by atoms with Crippen LogP contribution in [-0.2, 0) is 17.2 Å². The predicted molar refractivity (Wildman–Crippen MR) is 187 cm³/mol. The van der Waals surface area contributed by atoms with Gasteiger partial charge in [0.1, 0.15) is 12.6 Å². The van der Waals surface area contributed by atoms with E-state index in [9.17, 15) is 4.79 Å². The SMILES string of the molecule is COc1cc(C2C(C(=O)Nc3ccccc3)=C(C)Nc3nc(SCc4ccccc4Cl)nn32)cc(Br)c1OCc1ccccc1Cl. The van der Waals surface area contributed by atoms with Gasteiger partial charge in [0.15, 0.2) is 11.5 Å². The first-order valence-corrected chi connectivity index (χ1v) is 16.8. The summed E-state index contributed by atoms with van der Waals surface area (Å²) < 4.78 is 14.4. The number of hydrogen-bond donors (Lipinski definition) is 2. The molecule has 46 heavy (non-hydrogen) atoms. The third kappa shape index (κ3) is 6.90. The fraction of sp³-hybridized carbons (Fsp3) is 0.147. The Balaban J connectivity index is 1.38. The van der Waals surface area contributed by atoms with E-state index in [2.05, 4.69) is 26.6 Å². The van der Waals surface area contributed by atoms with Crippen LogP contribution in [0.2, 0.25) is 10.0 Å². The molecule has 8 nitrogen and oxygen atoms in total. The quantitative estimate of drug-likeness (QED) is 0.138. The van der Waals surface area contributed by atoms with Crippen molar-refractivity contribution in [2.75, 3.05) is 17.7 Å². The first-order chi connectivity index (χ1) is 22.3. The summed E-state index contributed by atoms with van der Waals surface area (Å²) in [4.78, 5) is 18.7. The van der Waals surface area contributed by atoms with Crippen molar-refractivity contribution in [3.8, 4) is 11.5 Å². The number of halogens is 3. The lowest BCUT2D eigenvalue weighted by Gasteiger charge is -2.29. The smallest absolute Gasteiger partial charge is 0.255 e. The van der Waals surface area contributed by atoms with Crippen molar-refractivity contribution < 1.29 is 14.3 Å². The normalized spacial score (nSPS) is 14.0. The third-order valence-electron chi connectivity index (χ3n) is 7.32. The van der Waals surface area contributed by atoms with Gasteiger partial charge in [0.2, 0.25) is 11.1 Å². The minimum Gasteiger partial charge on any atom is -0.493 e. The van der Waals surface area contributed by atoms with Crippen LogP contribution in [-0.4, -0.2) is 27.8 Å². The number of aromatic nitrogens is 3. The lowest BCUT2D eigenvalue weighted by atomic mass is 9.94. The average molecular weight is 738 g/mol. The molecule has 0 radical (unpaired) electrons. The Morgan fingerprint density at radius 2 is 1.67 bits per heavy atom. The number of ether oxygens (including phenoxy) is 2. The molecule has 1 amide bonds. The number of anilines is 2. The maximum atomic E-state index is 14.0. The molecule has 234 valence electrons. The monoisotopic (exact) mass is 735 g/mol. The Kier molecular flexibility index (Phi) is 9.89. The van der Waals surface area contributed by atoms with Crippen molar-refractivity contribution in [3.05, 3.63) is 133 Å². The highest BCUT2D eigenvalue weighted by molar-refractivity contribution is 9.10. The van der Waals surface area contributed by atoms with E-state index in [-0.39, 0.29) is 12.5 Å². The number of thioether (sulfide) groups is 1. The van der Waals surface area contributed by atoms with Crippen LogP contribution in [0.1, 0.15) is 29.7 Å². The van der Waals surface area contributed by atoms with Crippen molar-refractivity contribution in [1.29, 1.82) is 0 Å². The van der Waals surface area contributed by atoms with Gasteiger partial charge in [-0.15, -0.1) is 5.10 Å². The molecule has 12 heteroatoms. The number of carbonyl (C=O) groups excluding carboxylic acids is 1. The molecule has 2 heterocycles. The Bertz CT molecular complexity index is 1940. The molecule has 1 aromatic heterocycles. The second-order valence-corrected chi connectivity index (χ2v) is 13.0. The standard InChI is InChI=1S/C34H28BrCl2N5O3S/c1-20-29(32(43)39-24-12-4-3-5-13-24)30(42-33(38-20)40-34(41-42)46-19-22-11-7-9-15-27(22)37)23-16-25(35)31(28(17-23)44-2)45-18-21-10-6-8-14-26(21)36/h3-17,30H,18-19H2,1-2H3,(H,39,43)(H,38,40,41). The maximum absolute atomic E-state index is 14.0. The summed E-state index contributed by atoms with van der Waals surface area (Å²) >= 11 is 17.9. The topological polar surface area (TPSA) is 90.3 Å². The highest BCUT2D eigenvalue weighted by Gasteiger charge is 2.35. The fourth-order valence-electron chi connectivity index (χ4n) is 5.08. The highest BCUT2D eigenvalue weighted by atomic mass is 79.9. The van der Waals surface area contributed by atoms with Crippen LogP contribution in [0.3, 0.4) is 0 Å². The number of fused-ring (bicyclic) bond motifs is 1. The molecule has 4 aromatic carbocycles. The molecule has 1 aliphatic heterocycles. The Hall–Kier alpha value is -3.96. The van der Waals surface area contributed by atoms with Gasteiger partial charge in [-0.05, 0) is 70.4 Å². The minimum atomic E-state index is -0.648. The van der Waals surface area contributed by atoms with Gasteiger partial charge in [-0.25, -0.2) is 4.68 Å². The van der Waals surface area contributed by atoms with Crippen LogP contribution in [0, 0.1) is 0 Å².